The van der Waals surface area contributed by atoms with Gasteiger partial charge in [-0.15, -0.1) is 0 Å². The molecule has 0 radical (unpaired) electrons. The minimum Gasteiger partial charge on any atom is -0.478 e. The lowest BCUT2D eigenvalue weighted by atomic mass is 10.0. The summed E-state index contributed by atoms with van der Waals surface area (Å²) >= 11 is 15.8. The zero-order chi connectivity index (χ0) is 21.5. The van der Waals surface area contributed by atoms with Crippen LogP contribution in [0.25, 0.3) is 6.08 Å². The summed E-state index contributed by atoms with van der Waals surface area (Å²) in [5.74, 6) is 1.47. The first-order valence-electron chi connectivity index (χ1n) is 9.63. The van der Waals surface area contributed by atoms with Gasteiger partial charge in [0.2, 0.25) is 5.78 Å². The van der Waals surface area contributed by atoms with E-state index >= 15 is 0 Å². The van der Waals surface area contributed by atoms with E-state index in [4.69, 9.17) is 32.7 Å². The van der Waals surface area contributed by atoms with E-state index in [1.54, 1.807) is 18.2 Å². The van der Waals surface area contributed by atoms with Gasteiger partial charge in [0.1, 0.15) is 18.2 Å². The van der Waals surface area contributed by atoms with Gasteiger partial charge in [0.25, 0.3) is 0 Å². The van der Waals surface area contributed by atoms with Gasteiger partial charge in [0.15, 0.2) is 5.76 Å². The summed E-state index contributed by atoms with van der Waals surface area (Å²) < 4.78 is 12.9. The van der Waals surface area contributed by atoms with Crippen LogP contribution in [0, 0.1) is 0 Å². The molecule has 3 aromatic rings. The first-order valence-corrected chi connectivity index (χ1v) is 11.2. The predicted octanol–water partition coefficient (Wildman–Crippen LogP) is 6.72. The third kappa shape index (κ3) is 4.11. The highest BCUT2D eigenvalue weighted by Crippen LogP contribution is 2.42. The Kier molecular flexibility index (Phi) is 5.52. The fourth-order valence-corrected chi connectivity index (χ4v) is 4.63. The first-order chi connectivity index (χ1) is 15.0. The second-order valence-electron chi connectivity index (χ2n) is 7.41. The van der Waals surface area contributed by atoms with Gasteiger partial charge in [-0.25, -0.2) is 0 Å². The van der Waals surface area contributed by atoms with Crippen molar-refractivity contribution >= 4 is 51.0 Å². The Morgan fingerprint density at radius 3 is 2.77 bits per heavy atom. The van der Waals surface area contributed by atoms with Crippen molar-refractivity contribution in [3.8, 4) is 11.5 Å². The van der Waals surface area contributed by atoms with Gasteiger partial charge in [-0.3, -0.25) is 9.69 Å². The Hall–Kier alpha value is -2.31. The van der Waals surface area contributed by atoms with Gasteiger partial charge in [-0.05, 0) is 53.6 Å². The lowest BCUT2D eigenvalue weighted by Crippen LogP contribution is -2.31. The molecule has 0 amide bonds. The number of Topliss-reactive ketones (excluding diaryl/α,β-unsaturated/α-hetero) is 1. The second kappa shape index (κ2) is 8.32. The SMILES string of the molecule is O=C1/C(=C/c2cccc(Br)c2)Oc2c1ccc1c2CN(Cc2ccc(Cl)cc2Cl)CO1. The number of allylic oxidation sites excluding steroid dienone is 1. The van der Waals surface area contributed by atoms with Crippen molar-refractivity contribution in [3.63, 3.8) is 0 Å². The molecule has 3 aromatic carbocycles. The standard InChI is InChI=1S/C24H16BrCl2NO3/c25-16-3-1-2-14(8-16)9-22-23(29)18-6-7-21-19(24(18)31-22)12-28(13-30-21)11-15-4-5-17(26)10-20(15)27/h1-10H,11-13H2/b22-9-. The molecule has 0 saturated carbocycles. The molecular weight excluding hydrogens is 501 g/mol. The van der Waals surface area contributed by atoms with E-state index in [2.05, 4.69) is 20.8 Å². The topological polar surface area (TPSA) is 38.8 Å². The van der Waals surface area contributed by atoms with Crippen molar-refractivity contribution in [2.24, 2.45) is 0 Å². The number of hydrogen-bond donors (Lipinski definition) is 0. The molecule has 7 heteroatoms. The van der Waals surface area contributed by atoms with Crippen molar-refractivity contribution < 1.29 is 14.3 Å². The molecule has 2 aliphatic heterocycles. The molecule has 0 bridgehead atoms. The number of rotatable bonds is 3. The summed E-state index contributed by atoms with van der Waals surface area (Å²) in [6, 6.07) is 16.8. The molecule has 156 valence electrons. The molecule has 0 N–H and O–H groups in total. The molecule has 5 rings (SSSR count). The fraction of sp³-hybridized carbons (Fsp3) is 0.125. The van der Waals surface area contributed by atoms with Gasteiger partial charge >= 0.3 is 0 Å². The van der Waals surface area contributed by atoms with Crippen molar-refractivity contribution in [1.82, 2.24) is 4.90 Å². The summed E-state index contributed by atoms with van der Waals surface area (Å²) in [5.41, 5.74) is 3.25. The van der Waals surface area contributed by atoms with Crippen LogP contribution in [0.15, 0.2) is 64.8 Å². The third-order valence-corrected chi connectivity index (χ3v) is 6.32. The van der Waals surface area contributed by atoms with Gasteiger partial charge in [-0.2, -0.15) is 0 Å². The van der Waals surface area contributed by atoms with Crippen molar-refractivity contribution in [2.75, 3.05) is 6.73 Å². The van der Waals surface area contributed by atoms with Gasteiger partial charge in [0.05, 0.1) is 11.1 Å². The van der Waals surface area contributed by atoms with Crippen molar-refractivity contribution in [3.05, 3.63) is 97.1 Å². The maximum Gasteiger partial charge on any atom is 0.231 e. The predicted molar refractivity (Wildman–Crippen MR) is 125 cm³/mol. The summed E-state index contributed by atoms with van der Waals surface area (Å²) in [6.45, 7) is 1.59. The highest BCUT2D eigenvalue weighted by molar-refractivity contribution is 9.10. The molecule has 0 aliphatic carbocycles. The smallest absolute Gasteiger partial charge is 0.231 e. The summed E-state index contributed by atoms with van der Waals surface area (Å²) in [4.78, 5) is 15.0. The molecule has 0 spiro atoms. The van der Waals surface area contributed by atoms with E-state index in [0.717, 1.165) is 26.9 Å². The average molecular weight is 517 g/mol. The molecule has 0 atom stereocenters. The van der Waals surface area contributed by atoms with E-state index in [1.165, 1.54) is 0 Å². The van der Waals surface area contributed by atoms with Crippen molar-refractivity contribution in [1.29, 1.82) is 0 Å². The van der Waals surface area contributed by atoms with E-state index in [-0.39, 0.29) is 5.78 Å². The molecule has 0 unspecified atom stereocenters. The summed E-state index contributed by atoms with van der Waals surface area (Å²) in [6.07, 6.45) is 1.76. The Bertz CT molecular complexity index is 1240. The minimum atomic E-state index is -0.129. The lowest BCUT2D eigenvalue weighted by molar-refractivity contribution is 0.0873. The molecule has 2 aliphatic rings. The number of nitrogens with zero attached hydrogens (tertiary/aromatic N) is 1. The number of carbonyl (C=O) groups is 1. The zero-order valence-electron chi connectivity index (χ0n) is 16.2. The number of halogens is 3. The maximum absolute atomic E-state index is 12.9. The summed E-state index contributed by atoms with van der Waals surface area (Å²) in [5, 5.41) is 1.21. The largest absolute Gasteiger partial charge is 0.478 e. The fourth-order valence-electron chi connectivity index (χ4n) is 3.74. The molecule has 0 aromatic heterocycles. The van der Waals surface area contributed by atoms with Crippen LogP contribution in [-0.2, 0) is 13.1 Å². The molecule has 31 heavy (non-hydrogen) atoms. The molecule has 4 nitrogen and oxygen atoms in total. The van der Waals surface area contributed by atoms with E-state index in [9.17, 15) is 4.79 Å². The van der Waals surface area contributed by atoms with Crippen LogP contribution < -0.4 is 9.47 Å². The normalized spacial score (nSPS) is 16.6. The van der Waals surface area contributed by atoms with E-state index in [0.29, 0.717) is 46.9 Å². The Labute approximate surface area is 198 Å². The highest BCUT2D eigenvalue weighted by atomic mass is 79.9. The van der Waals surface area contributed by atoms with Gasteiger partial charge in [-0.1, -0.05) is 57.3 Å². The molecule has 2 heterocycles. The highest BCUT2D eigenvalue weighted by Gasteiger charge is 2.33. The molecular formula is C24H16BrCl2NO3. The lowest BCUT2D eigenvalue weighted by Gasteiger charge is -2.30. The number of hydrogen-bond acceptors (Lipinski definition) is 4. The quantitative estimate of drug-likeness (QED) is 0.362. The minimum absolute atomic E-state index is 0.129. The van der Waals surface area contributed by atoms with Gasteiger partial charge < -0.3 is 9.47 Å². The Morgan fingerprint density at radius 1 is 1.10 bits per heavy atom. The number of fused-ring (bicyclic) bond motifs is 3. The Morgan fingerprint density at radius 2 is 1.97 bits per heavy atom. The monoisotopic (exact) mass is 515 g/mol. The van der Waals surface area contributed by atoms with Crippen LogP contribution in [0.5, 0.6) is 11.5 Å². The second-order valence-corrected chi connectivity index (χ2v) is 9.17. The summed E-state index contributed by atoms with van der Waals surface area (Å²) in [7, 11) is 0. The van der Waals surface area contributed by atoms with Crippen LogP contribution in [-0.4, -0.2) is 17.4 Å². The zero-order valence-corrected chi connectivity index (χ0v) is 19.3. The number of carbonyl (C=O) groups excluding carboxylic acids is 1. The van der Waals surface area contributed by atoms with Crippen LogP contribution in [0.2, 0.25) is 10.0 Å². The van der Waals surface area contributed by atoms with Crippen molar-refractivity contribution in [2.45, 2.75) is 13.1 Å². The molecule has 0 saturated heterocycles. The third-order valence-electron chi connectivity index (χ3n) is 5.24. The van der Waals surface area contributed by atoms with Crippen LogP contribution in [0.1, 0.15) is 27.0 Å². The van der Waals surface area contributed by atoms with Crippen LogP contribution in [0.4, 0.5) is 0 Å². The van der Waals surface area contributed by atoms with Gasteiger partial charge in [0, 0.05) is 27.6 Å². The van der Waals surface area contributed by atoms with Crippen LogP contribution in [0.3, 0.4) is 0 Å². The van der Waals surface area contributed by atoms with E-state index < -0.39 is 0 Å². The average Bonchev–Trinajstić information content (AvgIpc) is 3.06. The number of benzene rings is 3. The molecule has 0 fully saturated rings. The first kappa shape index (κ1) is 20.6. The van der Waals surface area contributed by atoms with Crippen LogP contribution >= 0.6 is 39.1 Å². The number of ether oxygens (including phenoxy) is 2. The van der Waals surface area contributed by atoms with E-state index in [1.807, 2.05) is 42.5 Å². The maximum atomic E-state index is 12.9. The number of ketones is 1. The Balaban J connectivity index is 1.43.